The van der Waals surface area contributed by atoms with Crippen LogP contribution in [0, 0.1) is 0 Å². The van der Waals surface area contributed by atoms with Gasteiger partial charge in [-0.05, 0) is 32.4 Å². The van der Waals surface area contributed by atoms with E-state index >= 15 is 0 Å². The fourth-order valence-electron chi connectivity index (χ4n) is 3.33. The number of rotatable bonds is 4. The third kappa shape index (κ3) is 3.49. The Bertz CT molecular complexity index is 1260. The third-order valence-electron chi connectivity index (χ3n) is 4.37. The minimum atomic E-state index is -0.784. The van der Waals surface area contributed by atoms with Crippen molar-refractivity contribution < 1.29 is 19.1 Å². The van der Waals surface area contributed by atoms with E-state index < -0.39 is 6.16 Å². The van der Waals surface area contributed by atoms with Gasteiger partial charge >= 0.3 is 6.16 Å². The monoisotopic (exact) mass is 412 g/mol. The van der Waals surface area contributed by atoms with Crippen LogP contribution in [0.15, 0.2) is 18.3 Å². The molecule has 8 nitrogen and oxygen atoms in total. The third-order valence-corrected chi connectivity index (χ3v) is 5.30. The number of thiazole rings is 1. The van der Waals surface area contributed by atoms with Crippen LogP contribution >= 0.6 is 11.3 Å². The van der Waals surface area contributed by atoms with Crippen molar-refractivity contribution in [1.29, 1.82) is 0 Å². The van der Waals surface area contributed by atoms with Gasteiger partial charge in [0, 0.05) is 28.8 Å². The summed E-state index contributed by atoms with van der Waals surface area (Å²) in [4.78, 5) is 35.7. The van der Waals surface area contributed by atoms with E-state index in [0.717, 1.165) is 37.6 Å². The first-order chi connectivity index (χ1) is 13.9. The highest BCUT2D eigenvalue weighted by atomic mass is 32.1. The van der Waals surface area contributed by atoms with Gasteiger partial charge in [0.1, 0.15) is 0 Å². The summed E-state index contributed by atoms with van der Waals surface area (Å²) in [5, 5.41) is 5.09. The Morgan fingerprint density at radius 2 is 2.03 bits per heavy atom. The molecular weight excluding hydrogens is 392 g/mol. The number of anilines is 1. The molecule has 0 spiro atoms. The number of H-pyrrole nitrogens is 1. The molecule has 150 valence electrons. The van der Waals surface area contributed by atoms with Crippen molar-refractivity contribution in [3.63, 3.8) is 0 Å². The predicted octanol–water partition coefficient (Wildman–Crippen LogP) is 4.77. The summed E-state index contributed by atoms with van der Waals surface area (Å²) in [6.07, 6.45) is 1.17. The van der Waals surface area contributed by atoms with E-state index in [1.165, 1.54) is 18.3 Å². The smallest absolute Gasteiger partial charge is 0.431 e. The Balaban J connectivity index is 1.93. The molecule has 9 heteroatoms. The van der Waals surface area contributed by atoms with E-state index in [9.17, 15) is 9.59 Å². The lowest BCUT2D eigenvalue weighted by Gasteiger charge is -2.11. The Morgan fingerprint density at radius 1 is 1.24 bits per heavy atom. The number of benzene rings is 1. The minimum absolute atomic E-state index is 0.169. The molecule has 0 saturated carbocycles. The van der Waals surface area contributed by atoms with Crippen molar-refractivity contribution in [3.05, 3.63) is 23.9 Å². The number of aromatic nitrogens is 3. The summed E-state index contributed by atoms with van der Waals surface area (Å²) in [5.74, 6) is 0.0536. The zero-order valence-electron chi connectivity index (χ0n) is 16.5. The largest absolute Gasteiger partial charge is 0.515 e. The van der Waals surface area contributed by atoms with Crippen molar-refractivity contribution in [2.45, 2.75) is 40.2 Å². The lowest BCUT2D eigenvalue weighted by molar-refractivity contribution is -0.114. The van der Waals surface area contributed by atoms with Crippen LogP contribution in [0.4, 0.5) is 9.93 Å². The zero-order chi connectivity index (χ0) is 20.7. The van der Waals surface area contributed by atoms with Gasteiger partial charge in [0.05, 0.1) is 28.0 Å². The second-order valence-electron chi connectivity index (χ2n) is 6.86. The van der Waals surface area contributed by atoms with Gasteiger partial charge in [-0.3, -0.25) is 4.79 Å². The molecule has 1 aromatic carbocycles. The number of ether oxygens (including phenoxy) is 2. The van der Waals surface area contributed by atoms with Crippen LogP contribution in [0.2, 0.25) is 0 Å². The first-order valence-electron chi connectivity index (χ1n) is 9.26. The number of carbonyl (C=O) groups excluding carboxylic acids is 2. The number of aryl methyl sites for hydroxylation is 1. The Kier molecular flexibility index (Phi) is 4.83. The quantitative estimate of drug-likeness (QED) is 0.468. The molecule has 0 aliphatic rings. The summed E-state index contributed by atoms with van der Waals surface area (Å²) in [6, 6.07) is 3.94. The van der Waals surface area contributed by atoms with Crippen LogP contribution in [0.5, 0.6) is 5.88 Å². The lowest BCUT2D eigenvalue weighted by atomic mass is 10.1. The molecule has 2 N–H and O–H groups in total. The fraction of sp³-hybridized carbons (Fsp3) is 0.300. The first kappa shape index (κ1) is 19.1. The van der Waals surface area contributed by atoms with Gasteiger partial charge in [-0.15, -0.1) is 0 Å². The van der Waals surface area contributed by atoms with Gasteiger partial charge in [0.15, 0.2) is 5.13 Å². The van der Waals surface area contributed by atoms with Crippen LogP contribution in [-0.4, -0.2) is 33.1 Å². The maximum absolute atomic E-state index is 12.0. The summed E-state index contributed by atoms with van der Waals surface area (Å²) >= 11 is 1.41. The average molecular weight is 412 g/mol. The first-order valence-corrected chi connectivity index (χ1v) is 10.1. The fourth-order valence-corrected chi connectivity index (χ4v) is 4.25. The van der Waals surface area contributed by atoms with E-state index in [1.54, 1.807) is 20.0 Å². The minimum Gasteiger partial charge on any atom is -0.431 e. The van der Waals surface area contributed by atoms with E-state index in [1.807, 2.05) is 19.1 Å². The average Bonchev–Trinajstić information content (AvgIpc) is 3.20. The number of fused-ring (bicyclic) bond motifs is 5. The highest BCUT2D eigenvalue weighted by molar-refractivity contribution is 7.22. The number of nitrogens with zero attached hydrogens (tertiary/aromatic N) is 2. The van der Waals surface area contributed by atoms with Crippen LogP contribution in [0.25, 0.3) is 32.0 Å². The zero-order valence-corrected chi connectivity index (χ0v) is 17.3. The molecule has 0 atom stereocenters. The van der Waals surface area contributed by atoms with Gasteiger partial charge in [-0.25, -0.2) is 14.8 Å². The summed E-state index contributed by atoms with van der Waals surface area (Å²) in [5.41, 5.74) is 3.28. The number of hydrogen-bond donors (Lipinski definition) is 2. The molecule has 0 radical (unpaired) electrons. The van der Waals surface area contributed by atoms with Gasteiger partial charge < -0.3 is 19.8 Å². The van der Waals surface area contributed by atoms with E-state index in [2.05, 4.69) is 20.3 Å². The Labute approximate surface area is 170 Å². The SMILES string of the molecule is CCc1c(OC(=O)OC(C)C)ncc2[nH]c3ccc4sc(NC(C)=O)nc4c3c12. The molecule has 0 fully saturated rings. The molecule has 0 aliphatic heterocycles. The van der Waals surface area contributed by atoms with Crippen molar-refractivity contribution in [2.24, 2.45) is 0 Å². The van der Waals surface area contributed by atoms with Gasteiger partial charge in [0.2, 0.25) is 11.8 Å². The molecule has 0 unspecified atom stereocenters. The normalized spacial score (nSPS) is 11.5. The molecule has 1 amide bonds. The van der Waals surface area contributed by atoms with E-state index in [-0.39, 0.29) is 17.9 Å². The Morgan fingerprint density at radius 3 is 2.72 bits per heavy atom. The summed E-state index contributed by atoms with van der Waals surface area (Å²) < 4.78 is 11.4. The van der Waals surface area contributed by atoms with Crippen LogP contribution in [0.3, 0.4) is 0 Å². The second kappa shape index (κ2) is 7.32. The molecule has 29 heavy (non-hydrogen) atoms. The van der Waals surface area contributed by atoms with Crippen LogP contribution in [-0.2, 0) is 16.0 Å². The molecule has 0 saturated heterocycles. The second-order valence-corrected chi connectivity index (χ2v) is 7.89. The maximum Gasteiger partial charge on any atom is 0.515 e. The standard InChI is InChI=1S/C20H20N4O4S/c1-5-11-15-13(8-21-18(11)28-20(26)27-9(2)3)23-12-6-7-14-17(16(12)15)24-19(29-14)22-10(4)25/h6-9,23H,5H2,1-4H3,(H,22,24,25). The highest BCUT2D eigenvalue weighted by Gasteiger charge is 2.20. The summed E-state index contributed by atoms with van der Waals surface area (Å²) in [6.45, 7) is 6.93. The predicted molar refractivity (Wildman–Crippen MR) is 113 cm³/mol. The summed E-state index contributed by atoms with van der Waals surface area (Å²) in [7, 11) is 0. The molecule has 0 aliphatic carbocycles. The highest BCUT2D eigenvalue weighted by Crippen LogP contribution is 2.39. The molecular formula is C20H20N4O4S. The van der Waals surface area contributed by atoms with Crippen LogP contribution < -0.4 is 10.1 Å². The topological polar surface area (TPSA) is 106 Å². The van der Waals surface area contributed by atoms with E-state index in [0.29, 0.717) is 11.6 Å². The van der Waals surface area contributed by atoms with Gasteiger partial charge in [-0.2, -0.15) is 0 Å². The number of aromatic amines is 1. The van der Waals surface area contributed by atoms with Crippen molar-refractivity contribution in [3.8, 4) is 5.88 Å². The van der Waals surface area contributed by atoms with E-state index in [4.69, 9.17) is 9.47 Å². The molecule has 0 bridgehead atoms. The van der Waals surface area contributed by atoms with Crippen molar-refractivity contribution in [1.82, 2.24) is 15.0 Å². The van der Waals surface area contributed by atoms with Crippen molar-refractivity contribution in [2.75, 3.05) is 5.32 Å². The van der Waals surface area contributed by atoms with Crippen LogP contribution in [0.1, 0.15) is 33.3 Å². The number of pyridine rings is 1. The van der Waals surface area contributed by atoms with Gasteiger partial charge in [-0.1, -0.05) is 18.3 Å². The number of nitrogens with one attached hydrogen (secondary N) is 2. The Hall–Kier alpha value is -3.20. The number of carbonyl (C=O) groups is 2. The molecule has 3 aromatic heterocycles. The van der Waals surface area contributed by atoms with Crippen molar-refractivity contribution >= 4 is 60.6 Å². The molecule has 4 rings (SSSR count). The maximum atomic E-state index is 12.0. The molecule has 4 aromatic rings. The lowest BCUT2D eigenvalue weighted by Crippen LogP contribution is -2.17. The van der Waals surface area contributed by atoms with Gasteiger partial charge in [0.25, 0.3) is 0 Å². The number of hydrogen-bond acceptors (Lipinski definition) is 7. The number of amides is 1. The molecule has 3 heterocycles.